The van der Waals surface area contributed by atoms with E-state index in [1.807, 2.05) is 6.92 Å². The summed E-state index contributed by atoms with van der Waals surface area (Å²) in [6.45, 7) is 6.42. The Kier molecular flexibility index (Phi) is 1.94. The van der Waals surface area contributed by atoms with Gasteiger partial charge >= 0.3 is 0 Å². The summed E-state index contributed by atoms with van der Waals surface area (Å²) in [6, 6.07) is 0. The number of fused-ring (bicyclic) bond motifs is 1. The summed E-state index contributed by atoms with van der Waals surface area (Å²) in [7, 11) is 0. The highest BCUT2D eigenvalue weighted by Crippen LogP contribution is 2.26. The van der Waals surface area contributed by atoms with E-state index in [2.05, 4.69) is 28.6 Å². The largest absolute Gasteiger partial charge is 0.287 e. The summed E-state index contributed by atoms with van der Waals surface area (Å²) in [5, 5.41) is 8.28. The highest BCUT2D eigenvalue weighted by Gasteiger charge is 2.18. The molecule has 0 atom stereocenters. The highest BCUT2D eigenvalue weighted by molar-refractivity contribution is 5.53. The maximum Gasteiger partial charge on any atom is 0.137 e. The Bertz CT molecular complexity index is 360. The number of hydrogen-bond acceptors (Lipinski definition) is 2. The molecule has 0 unspecified atom stereocenters. The van der Waals surface area contributed by atoms with Gasteiger partial charge in [-0.05, 0) is 26.7 Å². The molecule has 0 bridgehead atoms. The standard InChI is InChI=1S/C10H15N3/c1-4-9-7(2)5-6-10-12-11-8(3)13(9)10/h4-6H2,1-3H3. The zero-order chi connectivity index (χ0) is 9.42. The Labute approximate surface area is 78.5 Å². The van der Waals surface area contributed by atoms with E-state index in [1.165, 1.54) is 11.3 Å². The number of rotatable bonds is 1. The molecular weight excluding hydrogens is 162 g/mol. The number of allylic oxidation sites excluding steroid dienone is 2. The summed E-state index contributed by atoms with van der Waals surface area (Å²) in [4.78, 5) is 0. The third-order valence-corrected chi connectivity index (χ3v) is 2.71. The lowest BCUT2D eigenvalue weighted by Crippen LogP contribution is -2.11. The van der Waals surface area contributed by atoms with Crippen LogP contribution >= 0.6 is 0 Å². The third-order valence-electron chi connectivity index (χ3n) is 2.71. The van der Waals surface area contributed by atoms with Gasteiger partial charge in [-0.15, -0.1) is 10.2 Å². The van der Waals surface area contributed by atoms with Crippen LogP contribution in [0.25, 0.3) is 5.70 Å². The van der Waals surface area contributed by atoms with E-state index in [9.17, 15) is 0 Å². The molecule has 0 radical (unpaired) electrons. The molecule has 13 heavy (non-hydrogen) atoms. The second-order valence-corrected chi connectivity index (χ2v) is 3.58. The molecule has 0 fully saturated rings. The van der Waals surface area contributed by atoms with Crippen LogP contribution < -0.4 is 0 Å². The first-order chi connectivity index (χ1) is 6.24. The molecule has 1 aromatic rings. The zero-order valence-electron chi connectivity index (χ0n) is 8.46. The van der Waals surface area contributed by atoms with Gasteiger partial charge in [-0.3, -0.25) is 4.57 Å². The molecule has 1 aliphatic heterocycles. The topological polar surface area (TPSA) is 30.7 Å². The molecule has 0 saturated heterocycles. The minimum Gasteiger partial charge on any atom is -0.287 e. The van der Waals surface area contributed by atoms with Crippen molar-refractivity contribution in [2.24, 2.45) is 0 Å². The minimum atomic E-state index is 1.02. The van der Waals surface area contributed by atoms with Crippen molar-refractivity contribution < 1.29 is 0 Å². The molecule has 0 spiro atoms. The van der Waals surface area contributed by atoms with Gasteiger partial charge in [-0.2, -0.15) is 0 Å². The van der Waals surface area contributed by atoms with Crippen molar-refractivity contribution in [3.63, 3.8) is 0 Å². The molecule has 0 aromatic carbocycles. The van der Waals surface area contributed by atoms with Crippen molar-refractivity contribution in [3.05, 3.63) is 17.2 Å². The minimum absolute atomic E-state index is 1.02. The van der Waals surface area contributed by atoms with E-state index in [1.54, 1.807) is 0 Å². The molecule has 0 aliphatic carbocycles. The van der Waals surface area contributed by atoms with Crippen LogP contribution in [0.4, 0.5) is 0 Å². The van der Waals surface area contributed by atoms with Crippen molar-refractivity contribution in [1.29, 1.82) is 0 Å². The van der Waals surface area contributed by atoms with Crippen LogP contribution in [0.1, 0.15) is 38.3 Å². The predicted octanol–water partition coefficient (Wildman–Crippen LogP) is 2.17. The quantitative estimate of drug-likeness (QED) is 0.658. The molecule has 0 amide bonds. The first-order valence-corrected chi connectivity index (χ1v) is 4.84. The number of aromatic nitrogens is 3. The maximum absolute atomic E-state index is 4.17. The monoisotopic (exact) mass is 177 g/mol. The van der Waals surface area contributed by atoms with E-state index >= 15 is 0 Å². The molecule has 70 valence electrons. The summed E-state index contributed by atoms with van der Waals surface area (Å²) < 4.78 is 2.21. The molecule has 0 N–H and O–H groups in total. The van der Waals surface area contributed by atoms with Crippen LogP contribution in [-0.4, -0.2) is 14.8 Å². The van der Waals surface area contributed by atoms with Gasteiger partial charge in [0.05, 0.1) is 0 Å². The second kappa shape index (κ2) is 2.98. The number of aryl methyl sites for hydroxylation is 2. The fourth-order valence-corrected chi connectivity index (χ4v) is 2.01. The van der Waals surface area contributed by atoms with Crippen LogP contribution in [-0.2, 0) is 6.42 Å². The lowest BCUT2D eigenvalue weighted by Gasteiger charge is -2.19. The van der Waals surface area contributed by atoms with Crippen LogP contribution in [0, 0.1) is 6.92 Å². The molecule has 3 nitrogen and oxygen atoms in total. The van der Waals surface area contributed by atoms with Crippen molar-refractivity contribution in [2.45, 2.75) is 40.0 Å². The Morgan fingerprint density at radius 2 is 2.00 bits per heavy atom. The fraction of sp³-hybridized carbons (Fsp3) is 0.600. The predicted molar refractivity (Wildman–Crippen MR) is 52.3 cm³/mol. The van der Waals surface area contributed by atoms with Crippen molar-refractivity contribution in [1.82, 2.24) is 14.8 Å². The van der Waals surface area contributed by atoms with Gasteiger partial charge in [0.1, 0.15) is 11.6 Å². The first kappa shape index (κ1) is 8.48. The Balaban J connectivity index is 2.59. The lowest BCUT2D eigenvalue weighted by atomic mass is 10.0. The van der Waals surface area contributed by atoms with Crippen molar-refractivity contribution >= 4 is 5.70 Å². The van der Waals surface area contributed by atoms with Crippen LogP contribution in [0.3, 0.4) is 0 Å². The first-order valence-electron chi connectivity index (χ1n) is 4.84. The van der Waals surface area contributed by atoms with Crippen LogP contribution in [0.5, 0.6) is 0 Å². The SMILES string of the molecule is CCC1=C(C)CCc2nnc(C)n21. The average Bonchev–Trinajstić information content (AvgIpc) is 2.49. The van der Waals surface area contributed by atoms with E-state index in [0.29, 0.717) is 0 Å². The Morgan fingerprint density at radius 3 is 2.69 bits per heavy atom. The summed E-state index contributed by atoms with van der Waals surface area (Å²) >= 11 is 0. The summed E-state index contributed by atoms with van der Waals surface area (Å²) in [5.74, 6) is 2.14. The normalized spacial score (nSPS) is 16.2. The van der Waals surface area contributed by atoms with Crippen molar-refractivity contribution in [3.8, 4) is 0 Å². The van der Waals surface area contributed by atoms with E-state index in [4.69, 9.17) is 0 Å². The maximum atomic E-state index is 4.17. The zero-order valence-corrected chi connectivity index (χ0v) is 8.46. The molecule has 2 rings (SSSR count). The van der Waals surface area contributed by atoms with Gasteiger partial charge in [-0.25, -0.2) is 0 Å². The van der Waals surface area contributed by atoms with E-state index in [0.717, 1.165) is 30.9 Å². The molecule has 1 aliphatic rings. The summed E-state index contributed by atoms with van der Waals surface area (Å²) in [6.07, 6.45) is 3.25. The lowest BCUT2D eigenvalue weighted by molar-refractivity contribution is 0.756. The molecule has 2 heterocycles. The van der Waals surface area contributed by atoms with E-state index in [-0.39, 0.29) is 0 Å². The highest BCUT2D eigenvalue weighted by atomic mass is 15.3. The second-order valence-electron chi connectivity index (χ2n) is 3.58. The van der Waals surface area contributed by atoms with Gasteiger partial charge in [-0.1, -0.05) is 12.5 Å². The van der Waals surface area contributed by atoms with Gasteiger partial charge in [0.15, 0.2) is 0 Å². The number of hydrogen-bond donors (Lipinski definition) is 0. The van der Waals surface area contributed by atoms with Crippen LogP contribution in [0.15, 0.2) is 5.57 Å². The summed E-state index contributed by atoms with van der Waals surface area (Å²) in [5.41, 5.74) is 2.88. The third kappa shape index (κ3) is 1.19. The average molecular weight is 177 g/mol. The van der Waals surface area contributed by atoms with E-state index < -0.39 is 0 Å². The molecule has 0 saturated carbocycles. The Morgan fingerprint density at radius 1 is 1.23 bits per heavy atom. The fourth-order valence-electron chi connectivity index (χ4n) is 2.01. The molecular formula is C10H15N3. The van der Waals surface area contributed by atoms with Gasteiger partial charge in [0, 0.05) is 12.1 Å². The number of nitrogens with zero attached hydrogens (tertiary/aromatic N) is 3. The van der Waals surface area contributed by atoms with Gasteiger partial charge in [0.25, 0.3) is 0 Å². The molecule has 3 heteroatoms. The Hall–Kier alpha value is -1.12. The van der Waals surface area contributed by atoms with Gasteiger partial charge in [0.2, 0.25) is 0 Å². The van der Waals surface area contributed by atoms with Gasteiger partial charge < -0.3 is 0 Å². The van der Waals surface area contributed by atoms with Crippen LogP contribution in [0.2, 0.25) is 0 Å². The smallest absolute Gasteiger partial charge is 0.137 e. The molecule has 1 aromatic heterocycles. The van der Waals surface area contributed by atoms with Crippen molar-refractivity contribution in [2.75, 3.05) is 0 Å².